The molecule has 2 aromatic rings. The fourth-order valence-corrected chi connectivity index (χ4v) is 2.61. The quantitative estimate of drug-likeness (QED) is 0.534. The molecule has 4 nitrogen and oxygen atoms in total. The van der Waals surface area contributed by atoms with E-state index in [0.717, 1.165) is 11.1 Å². The Kier molecular flexibility index (Phi) is 4.96. The van der Waals surface area contributed by atoms with Crippen LogP contribution in [0.3, 0.4) is 0 Å². The second-order valence-corrected chi connectivity index (χ2v) is 5.65. The van der Waals surface area contributed by atoms with Crippen LogP contribution in [0.1, 0.15) is 36.1 Å². The summed E-state index contributed by atoms with van der Waals surface area (Å²) in [6, 6.07) is 15.1. The summed E-state index contributed by atoms with van der Waals surface area (Å²) in [6.07, 6.45) is 0. The maximum absolute atomic E-state index is 11.5. The Morgan fingerprint density at radius 2 is 1.78 bits per heavy atom. The molecule has 0 aliphatic rings. The number of hydrogen-bond donors (Lipinski definition) is 1. The van der Waals surface area contributed by atoms with Gasteiger partial charge in [-0.1, -0.05) is 59.3 Å². The van der Waals surface area contributed by atoms with E-state index in [1.165, 1.54) is 6.92 Å². The van der Waals surface area contributed by atoms with Crippen LogP contribution in [0, 0.1) is 13.8 Å². The van der Waals surface area contributed by atoms with Gasteiger partial charge in [0, 0.05) is 6.92 Å². The monoisotopic (exact) mass is 311 g/mol. The third kappa shape index (κ3) is 3.48. The summed E-state index contributed by atoms with van der Waals surface area (Å²) in [6.45, 7) is 6.81. The van der Waals surface area contributed by atoms with Gasteiger partial charge in [-0.3, -0.25) is 0 Å². The topological polar surface area (TPSA) is 58.9 Å². The second kappa shape index (κ2) is 6.75. The van der Waals surface area contributed by atoms with E-state index in [-0.39, 0.29) is 0 Å². The standard InChI is InChI=1S/C19H21NO3/c1-13-8-7-10-17(12-13)19(22,15(3)20-23-16(4)21)18-11-6-5-9-14(18)2/h5-12,22H,1-4H3/b20-15+. The van der Waals surface area contributed by atoms with Crippen molar-refractivity contribution in [2.75, 3.05) is 0 Å². The average molecular weight is 311 g/mol. The summed E-state index contributed by atoms with van der Waals surface area (Å²) in [4.78, 5) is 15.8. The molecule has 1 unspecified atom stereocenters. The van der Waals surface area contributed by atoms with Gasteiger partial charge in [-0.2, -0.15) is 0 Å². The number of rotatable bonds is 4. The van der Waals surface area contributed by atoms with Crippen molar-refractivity contribution < 1.29 is 14.7 Å². The lowest BCUT2D eigenvalue weighted by atomic mass is 9.80. The van der Waals surface area contributed by atoms with E-state index >= 15 is 0 Å². The summed E-state index contributed by atoms with van der Waals surface area (Å²) in [5.41, 5.74) is 2.17. The SMILES string of the molecule is CC(=O)O/N=C(\C)C(O)(c1cccc(C)c1)c1ccccc1C. The number of nitrogens with zero attached hydrogens (tertiary/aromatic N) is 1. The summed E-state index contributed by atoms with van der Waals surface area (Å²) in [5, 5.41) is 15.4. The van der Waals surface area contributed by atoms with Gasteiger partial charge in [0.1, 0.15) is 0 Å². The van der Waals surface area contributed by atoms with Crippen molar-refractivity contribution >= 4 is 11.7 Å². The molecular weight excluding hydrogens is 290 g/mol. The molecule has 0 aliphatic carbocycles. The molecular formula is C19H21NO3. The summed E-state index contributed by atoms with van der Waals surface area (Å²) >= 11 is 0. The molecule has 23 heavy (non-hydrogen) atoms. The first-order valence-electron chi connectivity index (χ1n) is 7.44. The molecule has 2 rings (SSSR count). The van der Waals surface area contributed by atoms with Crippen LogP contribution in [-0.4, -0.2) is 16.8 Å². The lowest BCUT2D eigenvalue weighted by Crippen LogP contribution is -2.36. The highest BCUT2D eigenvalue weighted by atomic mass is 16.7. The normalized spacial score (nSPS) is 14.2. The van der Waals surface area contributed by atoms with Gasteiger partial charge in [0.05, 0.1) is 5.71 Å². The minimum Gasteiger partial charge on any atom is -0.375 e. The van der Waals surface area contributed by atoms with Crippen molar-refractivity contribution in [2.45, 2.75) is 33.3 Å². The van der Waals surface area contributed by atoms with Crippen LogP contribution in [-0.2, 0) is 15.2 Å². The molecule has 0 saturated carbocycles. The molecule has 0 saturated heterocycles. The van der Waals surface area contributed by atoms with Crippen LogP contribution < -0.4 is 0 Å². The molecule has 4 heteroatoms. The molecule has 2 aromatic carbocycles. The maximum Gasteiger partial charge on any atom is 0.331 e. The molecule has 0 heterocycles. The third-order valence-corrected chi connectivity index (χ3v) is 3.81. The molecule has 0 amide bonds. The molecule has 0 aliphatic heterocycles. The van der Waals surface area contributed by atoms with Crippen molar-refractivity contribution in [3.8, 4) is 0 Å². The van der Waals surface area contributed by atoms with E-state index in [2.05, 4.69) is 5.16 Å². The average Bonchev–Trinajstić information content (AvgIpc) is 2.52. The lowest BCUT2D eigenvalue weighted by molar-refractivity contribution is -0.141. The number of benzene rings is 2. The molecule has 0 spiro atoms. The zero-order valence-electron chi connectivity index (χ0n) is 13.8. The van der Waals surface area contributed by atoms with Gasteiger partial charge in [-0.05, 0) is 37.5 Å². The fraction of sp³-hybridized carbons (Fsp3) is 0.263. The first-order valence-corrected chi connectivity index (χ1v) is 7.44. The van der Waals surface area contributed by atoms with E-state index in [9.17, 15) is 9.90 Å². The number of aliphatic hydroxyl groups is 1. The van der Waals surface area contributed by atoms with Gasteiger partial charge in [-0.25, -0.2) is 4.79 Å². The molecule has 120 valence electrons. The van der Waals surface area contributed by atoms with E-state index in [0.29, 0.717) is 16.8 Å². The summed E-state index contributed by atoms with van der Waals surface area (Å²) < 4.78 is 0. The zero-order valence-corrected chi connectivity index (χ0v) is 13.8. The van der Waals surface area contributed by atoms with Gasteiger partial charge >= 0.3 is 5.97 Å². The highest BCUT2D eigenvalue weighted by Gasteiger charge is 2.37. The second-order valence-electron chi connectivity index (χ2n) is 5.65. The van der Waals surface area contributed by atoms with Crippen molar-refractivity contribution in [2.24, 2.45) is 5.16 Å². The fourth-order valence-electron chi connectivity index (χ4n) is 2.61. The smallest absolute Gasteiger partial charge is 0.331 e. The predicted octanol–water partition coefficient (Wildman–Crippen LogP) is 3.48. The van der Waals surface area contributed by atoms with Gasteiger partial charge < -0.3 is 9.94 Å². The van der Waals surface area contributed by atoms with Crippen molar-refractivity contribution in [3.63, 3.8) is 0 Å². The highest BCUT2D eigenvalue weighted by Crippen LogP contribution is 2.34. The largest absolute Gasteiger partial charge is 0.375 e. The molecule has 0 fully saturated rings. The van der Waals surface area contributed by atoms with Crippen LogP contribution in [0.25, 0.3) is 0 Å². The van der Waals surface area contributed by atoms with Gasteiger partial charge in [0.15, 0.2) is 5.60 Å². The van der Waals surface area contributed by atoms with Gasteiger partial charge in [-0.15, -0.1) is 0 Å². The van der Waals surface area contributed by atoms with Gasteiger partial charge in [0.25, 0.3) is 0 Å². The Bertz CT molecular complexity index is 752. The van der Waals surface area contributed by atoms with Crippen molar-refractivity contribution in [1.29, 1.82) is 0 Å². The van der Waals surface area contributed by atoms with Crippen molar-refractivity contribution in [3.05, 3.63) is 70.8 Å². The predicted molar refractivity (Wildman–Crippen MR) is 90.2 cm³/mol. The van der Waals surface area contributed by atoms with E-state index in [1.807, 2.05) is 62.4 Å². The van der Waals surface area contributed by atoms with Crippen LogP contribution >= 0.6 is 0 Å². The molecule has 1 N–H and O–H groups in total. The first kappa shape index (κ1) is 16.9. The van der Waals surface area contributed by atoms with Gasteiger partial charge in [0.2, 0.25) is 0 Å². The third-order valence-electron chi connectivity index (χ3n) is 3.81. The minimum atomic E-state index is -1.47. The Balaban J connectivity index is 2.67. The Labute approximate surface area is 136 Å². The van der Waals surface area contributed by atoms with Crippen LogP contribution in [0.5, 0.6) is 0 Å². The molecule has 0 aromatic heterocycles. The lowest BCUT2D eigenvalue weighted by Gasteiger charge is -2.30. The molecule has 1 atom stereocenters. The Morgan fingerprint density at radius 3 is 2.39 bits per heavy atom. The minimum absolute atomic E-state index is 0.299. The van der Waals surface area contributed by atoms with Crippen LogP contribution in [0.2, 0.25) is 0 Å². The number of carbonyl (C=O) groups is 1. The Hall–Kier alpha value is -2.46. The maximum atomic E-state index is 11.5. The van der Waals surface area contributed by atoms with E-state index < -0.39 is 11.6 Å². The van der Waals surface area contributed by atoms with Crippen LogP contribution in [0.4, 0.5) is 0 Å². The highest BCUT2D eigenvalue weighted by molar-refractivity contribution is 5.95. The number of aryl methyl sites for hydroxylation is 2. The Morgan fingerprint density at radius 1 is 1.09 bits per heavy atom. The number of carbonyl (C=O) groups excluding carboxylic acids is 1. The number of oxime groups is 1. The number of hydrogen-bond acceptors (Lipinski definition) is 4. The summed E-state index contributed by atoms with van der Waals surface area (Å²) in [5.74, 6) is -0.527. The van der Waals surface area contributed by atoms with Crippen molar-refractivity contribution in [1.82, 2.24) is 0 Å². The first-order chi connectivity index (χ1) is 10.9. The van der Waals surface area contributed by atoms with E-state index in [1.54, 1.807) is 6.92 Å². The van der Waals surface area contributed by atoms with E-state index in [4.69, 9.17) is 4.84 Å². The molecule has 0 radical (unpaired) electrons. The zero-order chi connectivity index (χ0) is 17.0. The summed E-state index contributed by atoms with van der Waals surface area (Å²) in [7, 11) is 0. The van der Waals surface area contributed by atoms with Crippen LogP contribution in [0.15, 0.2) is 53.7 Å². The molecule has 0 bridgehead atoms.